The van der Waals surface area contributed by atoms with Gasteiger partial charge >= 0.3 is 0 Å². The second-order valence-electron chi connectivity index (χ2n) is 5.95. The van der Waals surface area contributed by atoms with E-state index in [4.69, 9.17) is 14.3 Å². The van der Waals surface area contributed by atoms with Crippen LogP contribution in [0.15, 0.2) is 46.9 Å². The molecule has 0 spiro atoms. The van der Waals surface area contributed by atoms with Gasteiger partial charge in [0.1, 0.15) is 17.9 Å². The number of aryl methyl sites for hydroxylation is 2. The Labute approximate surface area is 146 Å². The molecular weight excluding hydrogens is 318 g/mol. The third kappa shape index (κ3) is 3.83. The molecule has 0 unspecified atom stereocenters. The third-order valence-corrected chi connectivity index (χ3v) is 4.12. The van der Waals surface area contributed by atoms with Gasteiger partial charge < -0.3 is 19.6 Å². The number of aliphatic hydroxyl groups is 1. The Hall–Kier alpha value is -2.79. The zero-order chi connectivity index (χ0) is 17.8. The van der Waals surface area contributed by atoms with E-state index < -0.39 is 0 Å². The minimum Gasteiger partial charge on any atom is -0.491 e. The topological polar surface area (TPSA) is 71.7 Å². The molecule has 3 aromatic rings. The van der Waals surface area contributed by atoms with Crippen LogP contribution < -0.4 is 10.1 Å². The number of para-hydroxylation sites is 1. The first-order valence-electron chi connectivity index (χ1n) is 8.19. The molecule has 3 rings (SSSR count). The van der Waals surface area contributed by atoms with E-state index in [1.165, 1.54) is 0 Å². The fourth-order valence-corrected chi connectivity index (χ4v) is 2.62. The summed E-state index contributed by atoms with van der Waals surface area (Å²) in [7, 11) is 0. The van der Waals surface area contributed by atoms with Gasteiger partial charge in [0.25, 0.3) is 5.91 Å². The molecule has 1 aromatic heterocycles. The summed E-state index contributed by atoms with van der Waals surface area (Å²) in [6.45, 7) is 4.52. The van der Waals surface area contributed by atoms with Gasteiger partial charge in [0, 0.05) is 17.5 Å². The van der Waals surface area contributed by atoms with Crippen LogP contribution in [0.3, 0.4) is 0 Å². The summed E-state index contributed by atoms with van der Waals surface area (Å²) < 4.78 is 11.1. The van der Waals surface area contributed by atoms with E-state index in [2.05, 4.69) is 5.32 Å². The molecule has 130 valence electrons. The fourth-order valence-electron chi connectivity index (χ4n) is 2.62. The maximum atomic E-state index is 12.4. The highest BCUT2D eigenvalue weighted by molar-refractivity contribution is 5.96. The largest absolute Gasteiger partial charge is 0.491 e. The minimum atomic E-state index is -0.275. The fraction of sp³-hybridized carbons (Fsp3) is 0.250. The maximum Gasteiger partial charge on any atom is 0.287 e. The van der Waals surface area contributed by atoms with Crippen LogP contribution in [0.25, 0.3) is 11.0 Å². The number of furan rings is 1. The van der Waals surface area contributed by atoms with Crippen molar-refractivity contribution < 1.29 is 19.1 Å². The number of aliphatic hydroxyl groups excluding tert-OH is 1. The molecule has 1 amide bonds. The Morgan fingerprint density at radius 2 is 1.92 bits per heavy atom. The van der Waals surface area contributed by atoms with E-state index in [0.29, 0.717) is 17.9 Å². The summed E-state index contributed by atoms with van der Waals surface area (Å²) in [6, 6.07) is 13.1. The van der Waals surface area contributed by atoms with E-state index in [0.717, 1.165) is 22.1 Å². The smallest absolute Gasteiger partial charge is 0.287 e. The first-order chi connectivity index (χ1) is 12.1. The lowest BCUT2D eigenvalue weighted by Crippen LogP contribution is -2.22. The third-order valence-electron chi connectivity index (χ3n) is 4.12. The Balaban J connectivity index is 1.73. The van der Waals surface area contributed by atoms with Crippen molar-refractivity contribution in [1.82, 2.24) is 5.32 Å². The Bertz CT molecular complexity index is 859. The van der Waals surface area contributed by atoms with Gasteiger partial charge in [0.05, 0.1) is 6.61 Å². The zero-order valence-electron chi connectivity index (χ0n) is 14.3. The normalized spacial score (nSPS) is 10.8. The number of amides is 1. The van der Waals surface area contributed by atoms with Crippen molar-refractivity contribution in [3.8, 4) is 5.75 Å². The monoisotopic (exact) mass is 339 g/mol. The van der Waals surface area contributed by atoms with Gasteiger partial charge in [0.2, 0.25) is 0 Å². The van der Waals surface area contributed by atoms with E-state index in [1.54, 1.807) is 6.07 Å². The van der Waals surface area contributed by atoms with Crippen LogP contribution in [0, 0.1) is 13.8 Å². The summed E-state index contributed by atoms with van der Waals surface area (Å²) in [5, 5.41) is 12.6. The van der Waals surface area contributed by atoms with Gasteiger partial charge in [-0.2, -0.15) is 0 Å². The van der Waals surface area contributed by atoms with Crippen LogP contribution in [0.2, 0.25) is 0 Å². The Morgan fingerprint density at radius 3 is 2.72 bits per heavy atom. The zero-order valence-corrected chi connectivity index (χ0v) is 14.3. The van der Waals surface area contributed by atoms with Crippen molar-refractivity contribution in [3.63, 3.8) is 0 Å². The molecule has 2 N–H and O–H groups in total. The average Bonchev–Trinajstić information content (AvgIpc) is 3.01. The molecule has 0 aliphatic rings. The molecule has 0 fully saturated rings. The second kappa shape index (κ2) is 7.40. The minimum absolute atomic E-state index is 0.0570. The summed E-state index contributed by atoms with van der Waals surface area (Å²) in [6.07, 6.45) is 0. The molecule has 0 aliphatic carbocycles. The highest BCUT2D eigenvalue weighted by Crippen LogP contribution is 2.23. The van der Waals surface area contributed by atoms with Crippen LogP contribution in [-0.4, -0.2) is 24.2 Å². The number of hydrogen-bond acceptors (Lipinski definition) is 4. The lowest BCUT2D eigenvalue weighted by Gasteiger charge is -2.10. The van der Waals surface area contributed by atoms with Crippen LogP contribution in [0.5, 0.6) is 5.75 Å². The molecule has 0 aliphatic heterocycles. The van der Waals surface area contributed by atoms with Crippen LogP contribution in [-0.2, 0) is 6.54 Å². The lowest BCUT2D eigenvalue weighted by molar-refractivity contribution is 0.0925. The van der Waals surface area contributed by atoms with Crippen molar-refractivity contribution in [1.29, 1.82) is 0 Å². The van der Waals surface area contributed by atoms with Gasteiger partial charge in [-0.05, 0) is 49.2 Å². The molecule has 5 nitrogen and oxygen atoms in total. The second-order valence-corrected chi connectivity index (χ2v) is 5.95. The van der Waals surface area contributed by atoms with Crippen molar-refractivity contribution in [2.75, 3.05) is 13.2 Å². The van der Waals surface area contributed by atoms with Crippen LogP contribution >= 0.6 is 0 Å². The number of nitrogens with one attached hydrogen (secondary N) is 1. The van der Waals surface area contributed by atoms with Crippen molar-refractivity contribution in [3.05, 3.63) is 64.9 Å². The Morgan fingerprint density at radius 1 is 1.16 bits per heavy atom. The number of fused-ring (bicyclic) bond motifs is 1. The highest BCUT2D eigenvalue weighted by atomic mass is 16.5. The van der Waals surface area contributed by atoms with E-state index in [1.807, 2.05) is 50.2 Å². The molecule has 0 saturated heterocycles. The number of benzene rings is 2. The first-order valence-corrected chi connectivity index (χ1v) is 8.19. The van der Waals surface area contributed by atoms with E-state index in [-0.39, 0.29) is 24.9 Å². The molecule has 1 heterocycles. The standard InChI is InChI=1S/C20H21NO4/c1-13-9-16-11-19(25-18(16)10-14(13)2)20(23)21-12-15-5-3-4-6-17(15)24-8-7-22/h3-6,9-11,22H,7-8,12H2,1-2H3,(H,21,23). The Kier molecular flexibility index (Phi) is 5.05. The quantitative estimate of drug-likeness (QED) is 0.722. The summed E-state index contributed by atoms with van der Waals surface area (Å²) in [5.74, 6) is 0.657. The number of rotatable bonds is 6. The maximum absolute atomic E-state index is 12.4. The lowest BCUT2D eigenvalue weighted by atomic mass is 10.1. The molecule has 2 aromatic carbocycles. The summed E-state index contributed by atoms with van der Waals surface area (Å²) in [5.41, 5.74) is 3.84. The number of carbonyl (C=O) groups is 1. The molecule has 0 atom stereocenters. The predicted octanol–water partition coefficient (Wildman–Crippen LogP) is 3.35. The first kappa shape index (κ1) is 17.0. The van der Waals surface area contributed by atoms with Crippen LogP contribution in [0.1, 0.15) is 27.2 Å². The van der Waals surface area contributed by atoms with Gasteiger partial charge in [-0.1, -0.05) is 18.2 Å². The molecule has 0 saturated carbocycles. The number of carbonyl (C=O) groups excluding carboxylic acids is 1. The van der Waals surface area contributed by atoms with Gasteiger partial charge in [0.15, 0.2) is 5.76 Å². The molecular formula is C20H21NO4. The summed E-state index contributed by atoms with van der Waals surface area (Å²) in [4.78, 5) is 12.4. The molecule has 0 radical (unpaired) electrons. The van der Waals surface area contributed by atoms with E-state index in [9.17, 15) is 4.79 Å². The molecule has 5 heteroatoms. The predicted molar refractivity (Wildman–Crippen MR) is 95.9 cm³/mol. The summed E-state index contributed by atoms with van der Waals surface area (Å²) >= 11 is 0. The number of hydrogen-bond donors (Lipinski definition) is 2. The van der Waals surface area contributed by atoms with Crippen LogP contribution in [0.4, 0.5) is 0 Å². The van der Waals surface area contributed by atoms with Gasteiger partial charge in [-0.25, -0.2) is 0 Å². The SMILES string of the molecule is Cc1cc2cc(C(=O)NCc3ccccc3OCCO)oc2cc1C. The molecule has 0 bridgehead atoms. The van der Waals surface area contributed by atoms with Crippen molar-refractivity contribution in [2.24, 2.45) is 0 Å². The highest BCUT2D eigenvalue weighted by Gasteiger charge is 2.13. The number of ether oxygens (including phenoxy) is 1. The van der Waals surface area contributed by atoms with Gasteiger partial charge in [-0.15, -0.1) is 0 Å². The molecule has 25 heavy (non-hydrogen) atoms. The van der Waals surface area contributed by atoms with Crippen molar-refractivity contribution in [2.45, 2.75) is 20.4 Å². The van der Waals surface area contributed by atoms with Gasteiger partial charge in [-0.3, -0.25) is 4.79 Å². The van der Waals surface area contributed by atoms with Crippen molar-refractivity contribution >= 4 is 16.9 Å². The van der Waals surface area contributed by atoms with E-state index >= 15 is 0 Å². The average molecular weight is 339 g/mol.